The van der Waals surface area contributed by atoms with Crippen LogP contribution in [0.25, 0.3) is 22.4 Å². The zero-order valence-corrected chi connectivity index (χ0v) is 12.3. The summed E-state index contributed by atoms with van der Waals surface area (Å²) in [7, 11) is 0. The average Bonchev–Trinajstić information content (AvgIpc) is 2.56. The second-order valence-corrected chi connectivity index (χ2v) is 5.15. The van der Waals surface area contributed by atoms with Gasteiger partial charge in [0.05, 0.1) is 5.69 Å². The Kier molecular flexibility index (Phi) is 4.16. The SMILES string of the molecule is Fc1ccc(-c2cnc(-c3ccc(F)cc3)c(CCl)c2)cc1. The quantitative estimate of drug-likeness (QED) is 0.587. The summed E-state index contributed by atoms with van der Waals surface area (Å²) in [6, 6.07) is 14.3. The predicted molar refractivity (Wildman–Crippen MR) is 84.6 cm³/mol. The van der Waals surface area contributed by atoms with E-state index in [2.05, 4.69) is 4.98 Å². The molecule has 0 bridgehead atoms. The van der Waals surface area contributed by atoms with Gasteiger partial charge in [-0.25, -0.2) is 8.78 Å². The van der Waals surface area contributed by atoms with Gasteiger partial charge in [0.1, 0.15) is 11.6 Å². The van der Waals surface area contributed by atoms with Crippen molar-refractivity contribution < 1.29 is 8.78 Å². The number of alkyl halides is 1. The first-order chi connectivity index (χ1) is 10.7. The third-order valence-electron chi connectivity index (χ3n) is 3.41. The van der Waals surface area contributed by atoms with Gasteiger partial charge >= 0.3 is 0 Å². The monoisotopic (exact) mass is 315 g/mol. The zero-order valence-electron chi connectivity index (χ0n) is 11.6. The summed E-state index contributed by atoms with van der Waals surface area (Å²) in [6.45, 7) is 0. The van der Waals surface area contributed by atoms with Gasteiger partial charge in [0.25, 0.3) is 0 Å². The number of rotatable bonds is 3. The van der Waals surface area contributed by atoms with Crippen LogP contribution in [0.1, 0.15) is 5.56 Å². The molecule has 0 aliphatic rings. The highest BCUT2D eigenvalue weighted by atomic mass is 35.5. The minimum Gasteiger partial charge on any atom is -0.255 e. The number of hydrogen-bond donors (Lipinski definition) is 0. The molecule has 3 aromatic rings. The molecule has 1 aromatic heterocycles. The van der Waals surface area contributed by atoms with Crippen molar-refractivity contribution in [3.05, 3.63) is 78.0 Å². The van der Waals surface area contributed by atoms with E-state index in [0.717, 1.165) is 27.9 Å². The lowest BCUT2D eigenvalue weighted by Crippen LogP contribution is -1.93. The third-order valence-corrected chi connectivity index (χ3v) is 3.69. The number of pyridine rings is 1. The van der Waals surface area contributed by atoms with Crippen LogP contribution >= 0.6 is 11.6 Å². The molecule has 4 heteroatoms. The Balaban J connectivity index is 2.04. The first kappa shape index (κ1) is 14.7. The maximum absolute atomic E-state index is 13.0. The highest BCUT2D eigenvalue weighted by Crippen LogP contribution is 2.28. The Morgan fingerprint density at radius 3 is 1.86 bits per heavy atom. The predicted octanol–water partition coefficient (Wildman–Crippen LogP) is 5.43. The molecule has 0 unspecified atom stereocenters. The van der Waals surface area contributed by atoms with Gasteiger partial charge < -0.3 is 0 Å². The number of nitrogens with zero attached hydrogens (tertiary/aromatic N) is 1. The molecule has 0 aliphatic heterocycles. The van der Waals surface area contributed by atoms with Gasteiger partial charge in [-0.15, -0.1) is 11.6 Å². The molecule has 1 nitrogen and oxygen atoms in total. The summed E-state index contributed by atoms with van der Waals surface area (Å²) in [4.78, 5) is 4.45. The lowest BCUT2D eigenvalue weighted by molar-refractivity contribution is 0.627. The van der Waals surface area contributed by atoms with E-state index < -0.39 is 0 Å². The van der Waals surface area contributed by atoms with E-state index in [0.29, 0.717) is 0 Å². The van der Waals surface area contributed by atoms with Crippen molar-refractivity contribution in [3.8, 4) is 22.4 Å². The maximum atomic E-state index is 13.0. The van der Waals surface area contributed by atoms with Crippen LogP contribution in [0.3, 0.4) is 0 Å². The van der Waals surface area contributed by atoms with Gasteiger partial charge in [-0.05, 0) is 53.6 Å². The molecule has 110 valence electrons. The van der Waals surface area contributed by atoms with Crippen LogP contribution in [0.15, 0.2) is 60.8 Å². The normalized spacial score (nSPS) is 10.7. The molecule has 2 aromatic carbocycles. The molecule has 0 saturated heterocycles. The van der Waals surface area contributed by atoms with E-state index >= 15 is 0 Å². The fourth-order valence-corrected chi connectivity index (χ4v) is 2.48. The Labute approximate surface area is 132 Å². The Hall–Kier alpha value is -2.26. The molecule has 0 saturated carbocycles. The third kappa shape index (κ3) is 3.00. The van der Waals surface area contributed by atoms with Crippen molar-refractivity contribution in [2.75, 3.05) is 0 Å². The molecule has 1 heterocycles. The van der Waals surface area contributed by atoms with Crippen LogP contribution in [0.2, 0.25) is 0 Å². The molecule has 0 amide bonds. The fraction of sp³-hybridized carbons (Fsp3) is 0.0556. The summed E-state index contributed by atoms with van der Waals surface area (Å²) >= 11 is 6.02. The second kappa shape index (κ2) is 6.24. The molecule has 3 rings (SSSR count). The van der Waals surface area contributed by atoms with Crippen molar-refractivity contribution >= 4 is 11.6 Å². The van der Waals surface area contributed by atoms with Gasteiger partial charge in [-0.1, -0.05) is 12.1 Å². The van der Waals surface area contributed by atoms with Gasteiger partial charge in [0.15, 0.2) is 0 Å². The molecule has 0 N–H and O–H groups in total. The summed E-state index contributed by atoms with van der Waals surface area (Å²) in [5, 5.41) is 0. The first-order valence-corrected chi connectivity index (χ1v) is 7.27. The number of benzene rings is 2. The van der Waals surface area contributed by atoms with E-state index in [1.54, 1.807) is 30.5 Å². The molecule has 0 fully saturated rings. The fourth-order valence-electron chi connectivity index (χ4n) is 2.28. The molecular weight excluding hydrogens is 304 g/mol. The highest BCUT2D eigenvalue weighted by Gasteiger charge is 2.09. The minimum atomic E-state index is -0.292. The molecule has 22 heavy (non-hydrogen) atoms. The van der Waals surface area contributed by atoms with Gasteiger partial charge in [0, 0.05) is 23.2 Å². The van der Waals surface area contributed by atoms with E-state index in [-0.39, 0.29) is 17.5 Å². The molecule has 0 radical (unpaired) electrons. The second-order valence-electron chi connectivity index (χ2n) is 4.88. The molecule has 0 atom stereocenters. The van der Waals surface area contributed by atoms with Crippen LogP contribution in [0, 0.1) is 11.6 Å². The van der Waals surface area contributed by atoms with Crippen molar-refractivity contribution in [1.82, 2.24) is 4.98 Å². The lowest BCUT2D eigenvalue weighted by Gasteiger charge is -2.09. The van der Waals surface area contributed by atoms with Crippen molar-refractivity contribution in [1.29, 1.82) is 0 Å². The smallest absolute Gasteiger partial charge is 0.123 e. The van der Waals surface area contributed by atoms with Crippen LogP contribution < -0.4 is 0 Å². The van der Waals surface area contributed by atoms with Gasteiger partial charge in [-0.2, -0.15) is 0 Å². The zero-order chi connectivity index (χ0) is 15.5. The van der Waals surface area contributed by atoms with E-state index in [4.69, 9.17) is 11.6 Å². The Bertz CT molecular complexity index is 783. The van der Waals surface area contributed by atoms with Crippen molar-refractivity contribution in [3.63, 3.8) is 0 Å². The van der Waals surface area contributed by atoms with E-state index in [1.165, 1.54) is 24.3 Å². The van der Waals surface area contributed by atoms with Crippen LogP contribution in [0.5, 0.6) is 0 Å². The molecule has 0 spiro atoms. The van der Waals surface area contributed by atoms with Gasteiger partial charge in [0.2, 0.25) is 0 Å². The standard InChI is InChI=1S/C18H12ClF2N/c19-10-14-9-15(12-1-5-16(20)6-2-12)11-22-18(14)13-3-7-17(21)8-4-13/h1-9,11H,10H2. The lowest BCUT2D eigenvalue weighted by atomic mass is 10.0. The topological polar surface area (TPSA) is 12.9 Å². The molecule has 0 aliphatic carbocycles. The number of halogens is 3. The van der Waals surface area contributed by atoms with E-state index in [9.17, 15) is 8.78 Å². The summed E-state index contributed by atoms with van der Waals surface area (Å²) in [6.07, 6.45) is 1.71. The summed E-state index contributed by atoms with van der Waals surface area (Å²) in [5.41, 5.74) is 4.10. The maximum Gasteiger partial charge on any atom is 0.123 e. The van der Waals surface area contributed by atoms with Crippen molar-refractivity contribution in [2.45, 2.75) is 5.88 Å². The van der Waals surface area contributed by atoms with Crippen LogP contribution in [-0.4, -0.2) is 4.98 Å². The molecular formula is C18H12ClF2N. The largest absolute Gasteiger partial charge is 0.255 e. The number of aromatic nitrogens is 1. The Morgan fingerprint density at radius 1 is 0.773 bits per heavy atom. The van der Waals surface area contributed by atoms with Crippen LogP contribution in [0.4, 0.5) is 8.78 Å². The highest BCUT2D eigenvalue weighted by molar-refractivity contribution is 6.17. The summed E-state index contributed by atoms with van der Waals surface area (Å²) in [5.74, 6) is -0.286. The van der Waals surface area contributed by atoms with Crippen LogP contribution in [-0.2, 0) is 5.88 Å². The summed E-state index contributed by atoms with van der Waals surface area (Å²) < 4.78 is 26.0. The Morgan fingerprint density at radius 2 is 1.32 bits per heavy atom. The van der Waals surface area contributed by atoms with E-state index in [1.807, 2.05) is 6.07 Å². The first-order valence-electron chi connectivity index (χ1n) is 6.74. The van der Waals surface area contributed by atoms with Crippen molar-refractivity contribution in [2.24, 2.45) is 0 Å². The minimum absolute atomic E-state index is 0.280. The number of hydrogen-bond acceptors (Lipinski definition) is 1. The average molecular weight is 316 g/mol. The van der Waals surface area contributed by atoms with Gasteiger partial charge in [-0.3, -0.25) is 4.98 Å².